The predicted molar refractivity (Wildman–Crippen MR) is 109 cm³/mol. The van der Waals surface area contributed by atoms with Gasteiger partial charge in [0.2, 0.25) is 5.91 Å². The Labute approximate surface area is 167 Å². The average molecular weight is 398 g/mol. The van der Waals surface area contributed by atoms with Gasteiger partial charge in [-0.3, -0.25) is 9.36 Å². The lowest BCUT2D eigenvalue weighted by Crippen LogP contribution is -2.50. The minimum atomic E-state index is -0.521. The van der Waals surface area contributed by atoms with E-state index in [9.17, 15) is 9.59 Å². The molecule has 0 unspecified atom stereocenters. The maximum absolute atomic E-state index is 12.6. The van der Waals surface area contributed by atoms with Crippen LogP contribution >= 0.6 is 11.6 Å². The number of hydrogen-bond donors (Lipinski definition) is 0. The fraction of sp³-hybridized carbons (Fsp3) is 0.238. The number of piperazine rings is 1. The van der Waals surface area contributed by atoms with Crippen molar-refractivity contribution in [3.63, 3.8) is 0 Å². The van der Waals surface area contributed by atoms with Crippen molar-refractivity contribution in [1.29, 1.82) is 0 Å². The van der Waals surface area contributed by atoms with E-state index in [1.807, 2.05) is 54.6 Å². The van der Waals surface area contributed by atoms with Crippen LogP contribution in [0.4, 0.5) is 5.69 Å². The summed E-state index contributed by atoms with van der Waals surface area (Å²) >= 11 is 5.94. The summed E-state index contributed by atoms with van der Waals surface area (Å²) in [5, 5.41) is 0.706. The molecule has 2 heterocycles. The molecular formula is C21H20ClN3O3. The Kier molecular flexibility index (Phi) is 5.21. The largest absolute Gasteiger partial charge is 0.419 e. The lowest BCUT2D eigenvalue weighted by atomic mass is 10.2. The van der Waals surface area contributed by atoms with Crippen molar-refractivity contribution in [1.82, 2.24) is 9.47 Å². The molecule has 0 atom stereocenters. The zero-order valence-corrected chi connectivity index (χ0v) is 16.0. The van der Waals surface area contributed by atoms with E-state index >= 15 is 0 Å². The smallest absolute Gasteiger partial charge is 0.408 e. The Morgan fingerprint density at radius 2 is 1.64 bits per heavy atom. The van der Waals surface area contributed by atoms with Crippen LogP contribution < -0.4 is 10.7 Å². The monoisotopic (exact) mass is 397 g/mol. The van der Waals surface area contributed by atoms with E-state index in [1.54, 1.807) is 11.1 Å². The van der Waals surface area contributed by atoms with E-state index in [2.05, 4.69) is 4.90 Å². The molecule has 144 valence electrons. The zero-order chi connectivity index (χ0) is 19.5. The Balaban J connectivity index is 1.38. The molecule has 0 bridgehead atoms. The minimum absolute atomic E-state index is 0.0177. The van der Waals surface area contributed by atoms with Crippen molar-refractivity contribution in [3.8, 4) is 11.3 Å². The maximum atomic E-state index is 12.6. The van der Waals surface area contributed by atoms with Gasteiger partial charge >= 0.3 is 5.76 Å². The van der Waals surface area contributed by atoms with Gasteiger partial charge in [0.25, 0.3) is 0 Å². The van der Waals surface area contributed by atoms with E-state index in [1.165, 1.54) is 4.57 Å². The van der Waals surface area contributed by atoms with Crippen molar-refractivity contribution >= 4 is 23.2 Å². The summed E-state index contributed by atoms with van der Waals surface area (Å²) in [4.78, 5) is 28.8. The third-order valence-corrected chi connectivity index (χ3v) is 5.14. The molecule has 0 saturated carbocycles. The Morgan fingerprint density at radius 1 is 0.964 bits per heavy atom. The molecule has 1 fully saturated rings. The standard InChI is InChI=1S/C21H20ClN3O3/c22-17-6-8-18(9-7-17)23-10-12-24(13-11-23)20(26)15-25-14-19(28-21(25)27)16-4-2-1-3-5-16/h1-9,14H,10-13,15H2. The Hall–Kier alpha value is -2.99. The summed E-state index contributed by atoms with van der Waals surface area (Å²) in [6.07, 6.45) is 1.60. The quantitative estimate of drug-likeness (QED) is 0.678. The van der Waals surface area contributed by atoms with Gasteiger partial charge in [-0.05, 0) is 24.3 Å². The first-order chi connectivity index (χ1) is 13.6. The number of carbonyl (C=O) groups is 1. The van der Waals surface area contributed by atoms with E-state index in [-0.39, 0.29) is 12.5 Å². The molecule has 4 rings (SSSR count). The van der Waals surface area contributed by atoms with E-state index in [0.29, 0.717) is 23.9 Å². The van der Waals surface area contributed by atoms with Gasteiger partial charge < -0.3 is 14.2 Å². The summed E-state index contributed by atoms with van der Waals surface area (Å²) in [5.41, 5.74) is 1.90. The fourth-order valence-corrected chi connectivity index (χ4v) is 3.46. The van der Waals surface area contributed by atoms with Crippen LogP contribution in [0, 0.1) is 0 Å². The number of amides is 1. The van der Waals surface area contributed by atoms with E-state index in [0.717, 1.165) is 24.3 Å². The van der Waals surface area contributed by atoms with Gasteiger partial charge in [0, 0.05) is 42.5 Å². The van der Waals surface area contributed by atoms with Gasteiger partial charge in [-0.1, -0.05) is 41.9 Å². The molecule has 3 aromatic rings. The van der Waals surface area contributed by atoms with Gasteiger partial charge in [0.15, 0.2) is 5.76 Å². The third kappa shape index (κ3) is 3.97. The normalized spacial score (nSPS) is 14.3. The van der Waals surface area contributed by atoms with Gasteiger partial charge in [-0.2, -0.15) is 0 Å². The molecular weight excluding hydrogens is 378 g/mol. The molecule has 0 aliphatic carbocycles. The SMILES string of the molecule is O=C(Cn1cc(-c2ccccc2)oc1=O)N1CCN(c2ccc(Cl)cc2)CC1. The van der Waals surface area contributed by atoms with Crippen molar-refractivity contribution < 1.29 is 9.21 Å². The molecule has 1 amide bonds. The number of benzene rings is 2. The number of aromatic nitrogens is 1. The van der Waals surface area contributed by atoms with Gasteiger partial charge in [0.05, 0.1) is 6.20 Å². The number of rotatable bonds is 4. The summed E-state index contributed by atoms with van der Waals surface area (Å²) < 4.78 is 6.62. The van der Waals surface area contributed by atoms with Crippen molar-refractivity contribution in [2.45, 2.75) is 6.54 Å². The summed E-state index contributed by atoms with van der Waals surface area (Å²) in [6, 6.07) is 17.1. The summed E-state index contributed by atoms with van der Waals surface area (Å²) in [5.74, 6) is -0.142. The average Bonchev–Trinajstić information content (AvgIpc) is 3.10. The number of carbonyl (C=O) groups excluding carboxylic acids is 1. The first kappa shape index (κ1) is 18.4. The Bertz CT molecular complexity index is 1000. The number of nitrogens with zero attached hydrogens (tertiary/aromatic N) is 3. The number of oxazole rings is 1. The molecule has 2 aromatic carbocycles. The Morgan fingerprint density at radius 3 is 2.32 bits per heavy atom. The molecule has 0 N–H and O–H groups in total. The van der Waals surface area contributed by atoms with Crippen molar-refractivity contribution in [3.05, 3.63) is 76.4 Å². The van der Waals surface area contributed by atoms with Crippen LogP contribution in [-0.4, -0.2) is 41.6 Å². The highest BCUT2D eigenvalue weighted by Crippen LogP contribution is 2.20. The zero-order valence-electron chi connectivity index (χ0n) is 15.3. The van der Waals surface area contributed by atoms with E-state index < -0.39 is 5.76 Å². The van der Waals surface area contributed by atoms with E-state index in [4.69, 9.17) is 16.0 Å². The summed E-state index contributed by atoms with van der Waals surface area (Å²) in [7, 11) is 0. The van der Waals surface area contributed by atoms with Crippen LogP contribution in [0.2, 0.25) is 5.02 Å². The van der Waals surface area contributed by atoms with Gasteiger partial charge in [-0.15, -0.1) is 0 Å². The lowest BCUT2D eigenvalue weighted by Gasteiger charge is -2.36. The molecule has 0 radical (unpaired) electrons. The number of hydrogen-bond acceptors (Lipinski definition) is 4. The molecule has 1 aliphatic heterocycles. The molecule has 6 nitrogen and oxygen atoms in total. The second-order valence-electron chi connectivity index (χ2n) is 6.70. The van der Waals surface area contributed by atoms with Crippen molar-refractivity contribution in [2.75, 3.05) is 31.1 Å². The molecule has 28 heavy (non-hydrogen) atoms. The lowest BCUT2D eigenvalue weighted by molar-refractivity contribution is -0.132. The van der Waals surface area contributed by atoms with Crippen LogP contribution in [0.3, 0.4) is 0 Å². The molecule has 0 spiro atoms. The van der Waals surface area contributed by atoms with Gasteiger partial charge in [-0.25, -0.2) is 4.79 Å². The van der Waals surface area contributed by atoms with Crippen LogP contribution in [0.25, 0.3) is 11.3 Å². The molecule has 1 aromatic heterocycles. The highest BCUT2D eigenvalue weighted by molar-refractivity contribution is 6.30. The third-order valence-electron chi connectivity index (χ3n) is 4.89. The number of halogens is 1. The fourth-order valence-electron chi connectivity index (χ4n) is 3.33. The predicted octanol–water partition coefficient (Wildman–Crippen LogP) is 3.11. The number of anilines is 1. The molecule has 7 heteroatoms. The highest BCUT2D eigenvalue weighted by atomic mass is 35.5. The molecule has 1 saturated heterocycles. The topological polar surface area (TPSA) is 58.7 Å². The minimum Gasteiger partial charge on any atom is -0.408 e. The van der Waals surface area contributed by atoms with Gasteiger partial charge in [0.1, 0.15) is 6.54 Å². The molecule has 1 aliphatic rings. The van der Waals surface area contributed by atoms with Crippen LogP contribution in [0.1, 0.15) is 0 Å². The maximum Gasteiger partial charge on any atom is 0.419 e. The highest BCUT2D eigenvalue weighted by Gasteiger charge is 2.22. The summed E-state index contributed by atoms with van der Waals surface area (Å²) in [6.45, 7) is 2.68. The van der Waals surface area contributed by atoms with Crippen molar-refractivity contribution in [2.24, 2.45) is 0 Å². The van der Waals surface area contributed by atoms with Crippen LogP contribution in [0.5, 0.6) is 0 Å². The first-order valence-electron chi connectivity index (χ1n) is 9.14. The second-order valence-corrected chi connectivity index (χ2v) is 7.14. The van der Waals surface area contributed by atoms with Crippen LogP contribution in [-0.2, 0) is 11.3 Å². The second kappa shape index (κ2) is 7.94. The van der Waals surface area contributed by atoms with Crippen LogP contribution in [0.15, 0.2) is 70.0 Å². The first-order valence-corrected chi connectivity index (χ1v) is 9.52.